The summed E-state index contributed by atoms with van der Waals surface area (Å²) in [6.45, 7) is 0. The van der Waals surface area contributed by atoms with Crippen molar-refractivity contribution in [2.24, 2.45) is 23.2 Å². The van der Waals surface area contributed by atoms with Crippen LogP contribution < -0.4 is 5.32 Å². The number of hydrogen-bond donors (Lipinski definition) is 2. The fraction of sp³-hybridized carbons (Fsp3) is 0.579. The molecule has 0 spiro atoms. The molecule has 4 aliphatic carbocycles. The van der Waals surface area contributed by atoms with E-state index in [1.807, 2.05) is 0 Å². The van der Waals surface area contributed by atoms with Crippen LogP contribution in [0.2, 0.25) is 10.0 Å². The summed E-state index contributed by atoms with van der Waals surface area (Å²) in [6, 6.07) is 3.72. The Morgan fingerprint density at radius 1 is 1.00 bits per heavy atom. The average molecular weight is 382 g/mol. The lowest BCUT2D eigenvalue weighted by Crippen LogP contribution is -2.59. The van der Waals surface area contributed by atoms with Crippen LogP contribution in [-0.2, 0) is 4.79 Å². The molecular formula is C19H21Cl2NO3. The number of hydrogen-bond acceptors (Lipinski definition) is 2. The lowest BCUT2D eigenvalue weighted by Gasteiger charge is -2.58. The summed E-state index contributed by atoms with van der Waals surface area (Å²) in [7, 11) is 0. The minimum atomic E-state index is -0.941. The Labute approximate surface area is 156 Å². The number of carboxylic acid groups (broad SMARTS) is 1. The average Bonchev–Trinajstić information content (AvgIpc) is 2.49. The van der Waals surface area contributed by atoms with Gasteiger partial charge in [0.25, 0.3) is 5.91 Å². The minimum Gasteiger partial charge on any atom is -0.480 e. The molecule has 134 valence electrons. The van der Waals surface area contributed by atoms with Gasteiger partial charge < -0.3 is 10.4 Å². The Hall–Kier alpha value is -1.26. The van der Waals surface area contributed by atoms with Crippen molar-refractivity contribution in [2.75, 3.05) is 0 Å². The van der Waals surface area contributed by atoms with Crippen molar-refractivity contribution in [3.05, 3.63) is 33.8 Å². The van der Waals surface area contributed by atoms with Crippen LogP contribution in [0.25, 0.3) is 0 Å². The number of carbonyl (C=O) groups excluding carboxylic acids is 1. The van der Waals surface area contributed by atoms with Crippen LogP contribution in [0.15, 0.2) is 18.2 Å². The van der Waals surface area contributed by atoms with Gasteiger partial charge in [0, 0.05) is 21.0 Å². The van der Waals surface area contributed by atoms with Gasteiger partial charge in [-0.3, -0.25) is 4.79 Å². The number of rotatable bonds is 4. The lowest BCUT2D eigenvalue weighted by atomic mass is 9.47. The molecule has 1 aromatic rings. The lowest BCUT2D eigenvalue weighted by molar-refractivity contribution is -0.150. The number of amides is 1. The fourth-order valence-electron chi connectivity index (χ4n) is 5.91. The predicted octanol–water partition coefficient (Wildman–Crippen LogP) is 4.39. The first-order valence-electron chi connectivity index (χ1n) is 8.84. The number of nitrogens with one attached hydrogen (secondary N) is 1. The zero-order valence-electron chi connectivity index (χ0n) is 13.8. The molecule has 4 saturated carbocycles. The smallest absolute Gasteiger partial charge is 0.326 e. The molecule has 0 radical (unpaired) electrons. The summed E-state index contributed by atoms with van der Waals surface area (Å²) < 4.78 is 0. The van der Waals surface area contributed by atoms with Gasteiger partial charge in [-0.2, -0.15) is 0 Å². The summed E-state index contributed by atoms with van der Waals surface area (Å²) in [4.78, 5) is 24.7. The van der Waals surface area contributed by atoms with Crippen LogP contribution in [-0.4, -0.2) is 23.0 Å². The summed E-state index contributed by atoms with van der Waals surface area (Å²) in [5.74, 6) is 0.484. The monoisotopic (exact) mass is 381 g/mol. The topological polar surface area (TPSA) is 66.4 Å². The molecule has 6 heteroatoms. The Bertz CT molecular complexity index is 678. The molecule has 0 heterocycles. The molecule has 0 aliphatic heterocycles. The van der Waals surface area contributed by atoms with Crippen LogP contribution in [0.1, 0.15) is 48.9 Å². The highest BCUT2D eigenvalue weighted by Gasteiger charge is 2.56. The Morgan fingerprint density at radius 3 is 1.92 bits per heavy atom. The van der Waals surface area contributed by atoms with Crippen molar-refractivity contribution in [2.45, 2.75) is 44.6 Å². The number of carboxylic acids is 1. The maximum atomic E-state index is 12.7. The normalized spacial score (nSPS) is 33.9. The van der Waals surface area contributed by atoms with Gasteiger partial charge in [0.15, 0.2) is 0 Å². The van der Waals surface area contributed by atoms with Gasteiger partial charge >= 0.3 is 5.97 Å². The first kappa shape index (κ1) is 17.2. The molecule has 0 aromatic heterocycles. The van der Waals surface area contributed by atoms with E-state index in [1.54, 1.807) is 6.07 Å². The highest BCUT2D eigenvalue weighted by Crippen LogP contribution is 2.61. The first-order chi connectivity index (χ1) is 11.8. The van der Waals surface area contributed by atoms with E-state index in [4.69, 9.17) is 23.2 Å². The Balaban J connectivity index is 1.60. The van der Waals surface area contributed by atoms with Crippen LogP contribution in [0, 0.1) is 23.2 Å². The molecule has 4 fully saturated rings. The predicted molar refractivity (Wildman–Crippen MR) is 96.0 cm³/mol. The molecule has 1 atom stereocenters. The second-order valence-electron chi connectivity index (χ2n) is 8.18. The quantitative estimate of drug-likeness (QED) is 0.812. The van der Waals surface area contributed by atoms with Gasteiger partial charge in [-0.05, 0) is 74.5 Å². The van der Waals surface area contributed by atoms with Crippen molar-refractivity contribution < 1.29 is 14.7 Å². The third kappa shape index (κ3) is 3.15. The molecule has 4 bridgehead atoms. The van der Waals surface area contributed by atoms with E-state index in [0.717, 1.165) is 19.3 Å². The molecule has 5 rings (SSSR count). The molecule has 0 saturated heterocycles. The van der Waals surface area contributed by atoms with E-state index in [1.165, 1.54) is 31.4 Å². The third-order valence-corrected chi connectivity index (χ3v) is 6.78. The van der Waals surface area contributed by atoms with Gasteiger partial charge in [-0.25, -0.2) is 4.79 Å². The van der Waals surface area contributed by atoms with Crippen LogP contribution >= 0.6 is 23.2 Å². The van der Waals surface area contributed by atoms with Crippen molar-refractivity contribution in [3.8, 4) is 0 Å². The Kier molecular flexibility index (Phi) is 4.24. The van der Waals surface area contributed by atoms with Crippen LogP contribution in [0.4, 0.5) is 0 Å². The first-order valence-corrected chi connectivity index (χ1v) is 9.60. The molecular weight excluding hydrogens is 361 g/mol. The maximum absolute atomic E-state index is 12.7. The zero-order valence-corrected chi connectivity index (χ0v) is 15.3. The second kappa shape index (κ2) is 6.17. The van der Waals surface area contributed by atoms with E-state index in [2.05, 4.69) is 5.32 Å². The largest absolute Gasteiger partial charge is 0.480 e. The molecule has 4 nitrogen and oxygen atoms in total. The highest BCUT2D eigenvalue weighted by atomic mass is 35.5. The number of carbonyl (C=O) groups is 2. The molecule has 1 amide bonds. The van der Waals surface area contributed by atoms with E-state index in [-0.39, 0.29) is 5.41 Å². The molecule has 1 unspecified atom stereocenters. The number of halogens is 2. The van der Waals surface area contributed by atoms with Crippen LogP contribution in [0.3, 0.4) is 0 Å². The third-order valence-electron chi connectivity index (χ3n) is 6.35. The van der Waals surface area contributed by atoms with Gasteiger partial charge in [-0.15, -0.1) is 0 Å². The molecule has 2 N–H and O–H groups in total. The summed E-state index contributed by atoms with van der Waals surface area (Å²) >= 11 is 11.9. The van der Waals surface area contributed by atoms with Crippen molar-refractivity contribution in [3.63, 3.8) is 0 Å². The van der Waals surface area contributed by atoms with E-state index in [0.29, 0.717) is 33.4 Å². The molecule has 1 aromatic carbocycles. The maximum Gasteiger partial charge on any atom is 0.326 e. The fourth-order valence-corrected chi connectivity index (χ4v) is 6.43. The van der Waals surface area contributed by atoms with Gasteiger partial charge in [0.1, 0.15) is 6.04 Å². The van der Waals surface area contributed by atoms with E-state index >= 15 is 0 Å². The standard InChI is InChI=1S/C19H21Cl2NO3/c20-14-4-13(5-15(21)6-14)17(23)22-16(18(24)25)19-7-10-1-11(8-19)3-12(2-10)9-19/h4-6,10-12,16H,1-3,7-9H2,(H,22,23)(H,24,25). The zero-order chi connectivity index (χ0) is 17.8. The van der Waals surface area contributed by atoms with Crippen molar-refractivity contribution in [1.82, 2.24) is 5.32 Å². The summed E-state index contributed by atoms with van der Waals surface area (Å²) in [5.41, 5.74) is -0.00741. The van der Waals surface area contributed by atoms with Crippen LogP contribution in [0.5, 0.6) is 0 Å². The SMILES string of the molecule is O=C(NC(C(=O)O)C12CC3CC(CC(C3)C1)C2)c1cc(Cl)cc(Cl)c1. The Morgan fingerprint density at radius 2 is 1.48 bits per heavy atom. The van der Waals surface area contributed by atoms with Gasteiger partial charge in [0.2, 0.25) is 0 Å². The number of aliphatic carboxylic acids is 1. The summed E-state index contributed by atoms with van der Waals surface area (Å²) in [5, 5.41) is 13.4. The van der Waals surface area contributed by atoms with Gasteiger partial charge in [-0.1, -0.05) is 23.2 Å². The van der Waals surface area contributed by atoms with E-state index < -0.39 is 17.9 Å². The molecule has 4 aliphatic rings. The minimum absolute atomic E-state index is 0.300. The molecule has 25 heavy (non-hydrogen) atoms. The van der Waals surface area contributed by atoms with E-state index in [9.17, 15) is 14.7 Å². The number of benzene rings is 1. The van der Waals surface area contributed by atoms with Gasteiger partial charge in [0.05, 0.1) is 0 Å². The highest BCUT2D eigenvalue weighted by molar-refractivity contribution is 6.35. The van der Waals surface area contributed by atoms with Crippen molar-refractivity contribution >= 4 is 35.1 Å². The van der Waals surface area contributed by atoms with Crippen molar-refractivity contribution in [1.29, 1.82) is 0 Å². The summed E-state index contributed by atoms with van der Waals surface area (Å²) in [6.07, 6.45) is 6.40. The second-order valence-corrected chi connectivity index (χ2v) is 9.06.